The Morgan fingerprint density at radius 2 is 1.56 bits per heavy atom. The lowest BCUT2D eigenvalue weighted by atomic mass is 9.78. The first-order valence-electron chi connectivity index (χ1n) is 8.62. The van der Waals surface area contributed by atoms with Crippen molar-refractivity contribution < 1.29 is 14.3 Å². The first-order valence-corrected chi connectivity index (χ1v) is 8.62. The standard InChI is InChI=1S/C22H26O3/c1-4-21(23)25-17-9-8-16-24-20-14-12-19(13-15-20)22(2,3)18-10-6-5-7-11-18/h4-7,10-15H,1,8-9,16-17H2,2-3H3. The maximum absolute atomic E-state index is 10.9. The van der Waals surface area contributed by atoms with Gasteiger partial charge in [-0.15, -0.1) is 0 Å². The zero-order valence-corrected chi connectivity index (χ0v) is 15.0. The molecule has 0 amide bonds. The Bertz CT molecular complexity index is 672. The second-order valence-corrected chi connectivity index (χ2v) is 6.44. The van der Waals surface area contributed by atoms with Crippen molar-refractivity contribution in [1.29, 1.82) is 0 Å². The number of esters is 1. The van der Waals surface area contributed by atoms with E-state index in [9.17, 15) is 4.79 Å². The van der Waals surface area contributed by atoms with E-state index in [1.165, 1.54) is 17.2 Å². The van der Waals surface area contributed by atoms with Gasteiger partial charge in [-0.3, -0.25) is 0 Å². The summed E-state index contributed by atoms with van der Waals surface area (Å²) < 4.78 is 10.7. The van der Waals surface area contributed by atoms with Crippen LogP contribution in [-0.4, -0.2) is 19.2 Å². The Hall–Kier alpha value is -2.55. The highest BCUT2D eigenvalue weighted by Crippen LogP contribution is 2.32. The van der Waals surface area contributed by atoms with Crippen LogP contribution in [0.1, 0.15) is 37.8 Å². The maximum Gasteiger partial charge on any atom is 0.330 e. The van der Waals surface area contributed by atoms with E-state index in [0.29, 0.717) is 13.2 Å². The van der Waals surface area contributed by atoms with Crippen LogP contribution in [0, 0.1) is 0 Å². The van der Waals surface area contributed by atoms with E-state index in [1.54, 1.807) is 0 Å². The molecule has 0 aliphatic rings. The van der Waals surface area contributed by atoms with Crippen molar-refractivity contribution in [2.45, 2.75) is 32.1 Å². The fourth-order valence-electron chi connectivity index (χ4n) is 2.62. The Labute approximate surface area is 150 Å². The number of ether oxygens (including phenoxy) is 2. The number of carbonyl (C=O) groups is 1. The summed E-state index contributed by atoms with van der Waals surface area (Å²) in [5, 5.41) is 0. The number of rotatable bonds is 9. The van der Waals surface area contributed by atoms with Gasteiger partial charge in [-0.1, -0.05) is 62.9 Å². The highest BCUT2D eigenvalue weighted by atomic mass is 16.5. The van der Waals surface area contributed by atoms with Gasteiger partial charge in [0, 0.05) is 11.5 Å². The topological polar surface area (TPSA) is 35.5 Å². The first-order chi connectivity index (χ1) is 12.0. The summed E-state index contributed by atoms with van der Waals surface area (Å²) >= 11 is 0. The van der Waals surface area contributed by atoms with Gasteiger partial charge >= 0.3 is 5.97 Å². The molecule has 3 nitrogen and oxygen atoms in total. The number of hydrogen-bond acceptors (Lipinski definition) is 3. The highest BCUT2D eigenvalue weighted by Gasteiger charge is 2.22. The van der Waals surface area contributed by atoms with Crippen molar-refractivity contribution in [2.75, 3.05) is 13.2 Å². The molecule has 0 aliphatic carbocycles. The average molecular weight is 338 g/mol. The van der Waals surface area contributed by atoms with E-state index in [4.69, 9.17) is 9.47 Å². The highest BCUT2D eigenvalue weighted by molar-refractivity contribution is 5.81. The predicted octanol–water partition coefficient (Wildman–Crippen LogP) is 4.90. The molecule has 0 heterocycles. The van der Waals surface area contributed by atoms with Crippen LogP contribution in [0.3, 0.4) is 0 Å². The number of carbonyl (C=O) groups excluding carboxylic acids is 1. The molecule has 0 N–H and O–H groups in total. The lowest BCUT2D eigenvalue weighted by Gasteiger charge is -2.26. The van der Waals surface area contributed by atoms with Gasteiger partial charge in [-0.05, 0) is 36.1 Å². The molecule has 25 heavy (non-hydrogen) atoms. The average Bonchev–Trinajstić information content (AvgIpc) is 2.65. The molecule has 2 rings (SSSR count). The molecule has 0 unspecified atom stereocenters. The summed E-state index contributed by atoms with van der Waals surface area (Å²) in [5.41, 5.74) is 2.49. The van der Waals surface area contributed by atoms with Crippen LogP contribution < -0.4 is 4.74 Å². The number of hydrogen-bond donors (Lipinski definition) is 0. The molecule has 0 aromatic heterocycles. The molecular weight excluding hydrogens is 312 g/mol. The molecule has 3 heteroatoms. The molecular formula is C22H26O3. The van der Waals surface area contributed by atoms with Gasteiger partial charge in [-0.25, -0.2) is 4.79 Å². The summed E-state index contributed by atoms with van der Waals surface area (Å²) in [6, 6.07) is 18.8. The van der Waals surface area contributed by atoms with Crippen molar-refractivity contribution in [3.8, 4) is 5.75 Å². The van der Waals surface area contributed by atoms with Gasteiger partial charge in [-0.2, -0.15) is 0 Å². The number of unbranched alkanes of at least 4 members (excludes halogenated alkanes) is 1. The van der Waals surface area contributed by atoms with Crippen LogP contribution in [0.15, 0.2) is 67.3 Å². The van der Waals surface area contributed by atoms with Gasteiger partial charge < -0.3 is 9.47 Å². The smallest absolute Gasteiger partial charge is 0.330 e. The van der Waals surface area contributed by atoms with Crippen LogP contribution >= 0.6 is 0 Å². The minimum atomic E-state index is -0.377. The van der Waals surface area contributed by atoms with E-state index in [1.807, 2.05) is 18.2 Å². The van der Waals surface area contributed by atoms with Crippen LogP contribution in [0.25, 0.3) is 0 Å². The van der Waals surface area contributed by atoms with Crippen molar-refractivity contribution in [3.63, 3.8) is 0 Å². The van der Waals surface area contributed by atoms with Crippen molar-refractivity contribution in [3.05, 3.63) is 78.4 Å². The van der Waals surface area contributed by atoms with Crippen LogP contribution in [-0.2, 0) is 14.9 Å². The Morgan fingerprint density at radius 3 is 2.20 bits per heavy atom. The largest absolute Gasteiger partial charge is 0.494 e. The van der Waals surface area contributed by atoms with E-state index >= 15 is 0 Å². The minimum Gasteiger partial charge on any atom is -0.494 e. The lowest BCUT2D eigenvalue weighted by Crippen LogP contribution is -2.18. The SMILES string of the molecule is C=CC(=O)OCCCCOc1ccc(C(C)(C)c2ccccc2)cc1. The third kappa shape index (κ3) is 5.49. The van der Waals surface area contributed by atoms with E-state index < -0.39 is 0 Å². The number of benzene rings is 2. The van der Waals surface area contributed by atoms with Crippen molar-refractivity contribution >= 4 is 5.97 Å². The molecule has 0 fully saturated rings. The molecule has 0 atom stereocenters. The van der Waals surface area contributed by atoms with Gasteiger partial charge in [0.1, 0.15) is 5.75 Å². The maximum atomic E-state index is 10.9. The molecule has 2 aromatic carbocycles. The molecule has 132 valence electrons. The normalized spacial score (nSPS) is 11.0. The summed E-state index contributed by atoms with van der Waals surface area (Å²) in [5.74, 6) is 0.480. The third-order valence-electron chi connectivity index (χ3n) is 4.29. The monoisotopic (exact) mass is 338 g/mol. The summed E-state index contributed by atoms with van der Waals surface area (Å²) in [4.78, 5) is 10.9. The van der Waals surface area contributed by atoms with Crippen LogP contribution in [0.4, 0.5) is 0 Å². The fraction of sp³-hybridized carbons (Fsp3) is 0.318. The molecule has 0 bridgehead atoms. The summed E-state index contributed by atoms with van der Waals surface area (Å²) in [6.07, 6.45) is 2.79. The Kier molecular flexibility index (Phi) is 6.81. The quantitative estimate of drug-likeness (QED) is 0.370. The second-order valence-electron chi connectivity index (χ2n) is 6.44. The third-order valence-corrected chi connectivity index (χ3v) is 4.29. The molecule has 0 saturated carbocycles. The van der Waals surface area contributed by atoms with Crippen molar-refractivity contribution in [2.24, 2.45) is 0 Å². The van der Waals surface area contributed by atoms with Gasteiger partial charge in [0.15, 0.2) is 0 Å². The Balaban J connectivity index is 1.82. The first kappa shape index (κ1) is 18.8. The zero-order valence-electron chi connectivity index (χ0n) is 15.0. The van der Waals surface area contributed by atoms with Crippen molar-refractivity contribution in [1.82, 2.24) is 0 Å². The van der Waals surface area contributed by atoms with E-state index in [0.717, 1.165) is 18.6 Å². The fourth-order valence-corrected chi connectivity index (χ4v) is 2.62. The van der Waals surface area contributed by atoms with Crippen LogP contribution in [0.2, 0.25) is 0 Å². The molecule has 0 aliphatic heterocycles. The van der Waals surface area contributed by atoms with Crippen LogP contribution in [0.5, 0.6) is 5.75 Å². The minimum absolute atomic E-state index is 0.0468. The molecule has 2 aromatic rings. The van der Waals surface area contributed by atoms with E-state index in [-0.39, 0.29) is 11.4 Å². The van der Waals surface area contributed by atoms with Gasteiger partial charge in [0.2, 0.25) is 0 Å². The van der Waals surface area contributed by atoms with Gasteiger partial charge in [0.05, 0.1) is 13.2 Å². The zero-order chi connectivity index (χ0) is 18.1. The second kappa shape index (κ2) is 9.07. The summed E-state index contributed by atoms with van der Waals surface area (Å²) in [7, 11) is 0. The summed E-state index contributed by atoms with van der Waals surface area (Å²) in [6.45, 7) is 8.81. The predicted molar refractivity (Wildman–Crippen MR) is 101 cm³/mol. The lowest BCUT2D eigenvalue weighted by molar-refractivity contribution is -0.137. The van der Waals surface area contributed by atoms with E-state index in [2.05, 4.69) is 56.8 Å². The molecule has 0 radical (unpaired) electrons. The molecule has 0 spiro atoms. The van der Waals surface area contributed by atoms with Gasteiger partial charge in [0.25, 0.3) is 0 Å². The molecule has 0 saturated heterocycles. The Morgan fingerprint density at radius 1 is 0.960 bits per heavy atom.